The number of carbonyl (C=O) groups is 1. The van der Waals surface area contributed by atoms with Gasteiger partial charge in [0.25, 0.3) is 0 Å². The lowest BCUT2D eigenvalue weighted by molar-refractivity contribution is -0.140. The van der Waals surface area contributed by atoms with Crippen LogP contribution in [0.1, 0.15) is 78.1 Å². The Bertz CT molecular complexity index is 610. The van der Waals surface area contributed by atoms with Crippen LogP contribution in [0.2, 0.25) is 0 Å². The molecule has 0 unspecified atom stereocenters. The van der Waals surface area contributed by atoms with E-state index >= 15 is 0 Å². The van der Waals surface area contributed by atoms with E-state index in [-0.39, 0.29) is 17.3 Å². The van der Waals surface area contributed by atoms with Gasteiger partial charge in [0.1, 0.15) is 11.5 Å². The van der Waals surface area contributed by atoms with Gasteiger partial charge in [-0.05, 0) is 62.8 Å². The lowest BCUT2D eigenvalue weighted by Crippen LogP contribution is -2.31. The molecule has 148 valence electrons. The Labute approximate surface area is 163 Å². The van der Waals surface area contributed by atoms with Gasteiger partial charge in [-0.1, -0.05) is 39.5 Å². The second kappa shape index (κ2) is 11.0. The van der Waals surface area contributed by atoms with E-state index in [9.17, 15) is 10.1 Å². The largest absolute Gasteiger partial charge is 0.494 e. The molecule has 0 radical (unpaired) electrons. The van der Waals surface area contributed by atoms with E-state index in [2.05, 4.69) is 19.9 Å². The van der Waals surface area contributed by atoms with Gasteiger partial charge in [-0.15, -0.1) is 0 Å². The summed E-state index contributed by atoms with van der Waals surface area (Å²) < 4.78 is 11.1. The lowest BCUT2D eigenvalue weighted by Gasteiger charge is -2.34. The number of esters is 1. The van der Waals surface area contributed by atoms with Crippen molar-refractivity contribution in [3.05, 3.63) is 24.3 Å². The van der Waals surface area contributed by atoms with Crippen molar-refractivity contribution in [1.82, 2.24) is 0 Å². The van der Waals surface area contributed by atoms with Crippen molar-refractivity contribution in [2.24, 2.45) is 11.3 Å². The zero-order chi connectivity index (χ0) is 19.5. The van der Waals surface area contributed by atoms with Crippen molar-refractivity contribution in [1.29, 1.82) is 5.26 Å². The summed E-state index contributed by atoms with van der Waals surface area (Å²) in [4.78, 5) is 12.5. The fourth-order valence-corrected chi connectivity index (χ4v) is 3.74. The number of nitrogens with zero attached hydrogens (tertiary/aromatic N) is 1. The smallest absolute Gasteiger partial charge is 0.314 e. The zero-order valence-corrected chi connectivity index (χ0v) is 16.8. The Morgan fingerprint density at radius 2 is 1.74 bits per heavy atom. The predicted octanol–water partition coefficient (Wildman–Crippen LogP) is 6.05. The molecular weight excluding hydrogens is 338 g/mol. The maximum atomic E-state index is 12.5. The highest BCUT2D eigenvalue weighted by atomic mass is 16.5. The van der Waals surface area contributed by atoms with Crippen LogP contribution in [0.4, 0.5) is 0 Å². The van der Waals surface area contributed by atoms with Gasteiger partial charge < -0.3 is 9.47 Å². The molecule has 0 N–H and O–H groups in total. The van der Waals surface area contributed by atoms with Gasteiger partial charge in [0, 0.05) is 0 Å². The molecule has 0 heterocycles. The van der Waals surface area contributed by atoms with Gasteiger partial charge in [0.2, 0.25) is 0 Å². The van der Waals surface area contributed by atoms with Crippen LogP contribution in [0.25, 0.3) is 0 Å². The first kappa shape index (κ1) is 21.3. The molecule has 0 aliphatic heterocycles. The summed E-state index contributed by atoms with van der Waals surface area (Å²) >= 11 is 0. The fraction of sp³-hybridized carbons (Fsp3) is 0.652. The van der Waals surface area contributed by atoms with Crippen LogP contribution in [0, 0.1) is 22.7 Å². The number of benzene rings is 1. The molecule has 1 saturated carbocycles. The minimum absolute atomic E-state index is 0.0989. The van der Waals surface area contributed by atoms with E-state index in [0.717, 1.165) is 50.7 Å². The summed E-state index contributed by atoms with van der Waals surface area (Å²) in [5, 5.41) is 9.67. The van der Waals surface area contributed by atoms with Crippen LogP contribution in [-0.4, -0.2) is 12.6 Å². The summed E-state index contributed by atoms with van der Waals surface area (Å²) in [7, 11) is 0. The molecule has 0 amide bonds. The highest BCUT2D eigenvalue weighted by molar-refractivity contribution is 5.75. The Kier molecular flexibility index (Phi) is 8.64. The standard InChI is InChI=1S/C23H33NO3/c1-3-5-6-7-14-23(18-24)15-12-19(13-16-23)22(25)27-21-10-8-20(9-11-21)26-17-4-2/h8-11,19H,3-7,12-17H2,1-2H3/t19-,23-. The molecule has 4 nitrogen and oxygen atoms in total. The van der Waals surface area contributed by atoms with Crippen LogP contribution in [0.5, 0.6) is 11.5 Å². The molecule has 0 spiro atoms. The van der Waals surface area contributed by atoms with E-state index in [1.807, 2.05) is 12.1 Å². The first-order valence-corrected chi connectivity index (χ1v) is 10.5. The number of unbranched alkanes of at least 4 members (excludes halogenated alkanes) is 3. The molecule has 1 fully saturated rings. The van der Waals surface area contributed by atoms with Crippen LogP contribution in [-0.2, 0) is 4.79 Å². The molecule has 0 saturated heterocycles. The van der Waals surface area contributed by atoms with Crippen molar-refractivity contribution in [3.8, 4) is 17.6 Å². The number of rotatable bonds is 10. The van der Waals surface area contributed by atoms with Crippen molar-refractivity contribution in [2.45, 2.75) is 78.1 Å². The topological polar surface area (TPSA) is 59.3 Å². The first-order valence-electron chi connectivity index (χ1n) is 10.5. The monoisotopic (exact) mass is 371 g/mol. The summed E-state index contributed by atoms with van der Waals surface area (Å²) in [5.41, 5.74) is -0.233. The highest BCUT2D eigenvalue weighted by Gasteiger charge is 2.37. The van der Waals surface area contributed by atoms with Crippen molar-refractivity contribution >= 4 is 5.97 Å². The van der Waals surface area contributed by atoms with Crippen LogP contribution in [0.3, 0.4) is 0 Å². The number of hydrogen-bond donors (Lipinski definition) is 0. The number of nitriles is 1. The summed E-state index contributed by atoms with van der Waals surface area (Å²) in [6.45, 7) is 4.94. The number of ether oxygens (including phenoxy) is 2. The van der Waals surface area contributed by atoms with Crippen molar-refractivity contribution < 1.29 is 14.3 Å². The average molecular weight is 372 g/mol. The Hall–Kier alpha value is -2.02. The van der Waals surface area contributed by atoms with E-state index in [4.69, 9.17) is 9.47 Å². The molecule has 1 aromatic rings. The van der Waals surface area contributed by atoms with Gasteiger partial charge >= 0.3 is 5.97 Å². The maximum Gasteiger partial charge on any atom is 0.314 e. The van der Waals surface area contributed by atoms with Crippen molar-refractivity contribution in [3.63, 3.8) is 0 Å². The third-order valence-corrected chi connectivity index (χ3v) is 5.54. The normalized spacial score (nSPS) is 22.0. The average Bonchev–Trinajstić information content (AvgIpc) is 2.71. The van der Waals surface area contributed by atoms with Crippen LogP contribution >= 0.6 is 0 Å². The quantitative estimate of drug-likeness (QED) is 0.285. The minimum Gasteiger partial charge on any atom is -0.494 e. The molecule has 27 heavy (non-hydrogen) atoms. The maximum absolute atomic E-state index is 12.5. The third kappa shape index (κ3) is 6.57. The van der Waals surface area contributed by atoms with Gasteiger partial charge in [0.05, 0.1) is 24.0 Å². The first-order chi connectivity index (χ1) is 13.1. The van der Waals surface area contributed by atoms with Gasteiger partial charge in [-0.3, -0.25) is 4.79 Å². The van der Waals surface area contributed by atoms with Gasteiger partial charge in [0.15, 0.2) is 0 Å². The SMILES string of the molecule is CCCCCC[C@]1(C#N)CC[C@H](C(=O)Oc2ccc(OCCC)cc2)CC1. The Morgan fingerprint density at radius 1 is 1.07 bits per heavy atom. The Morgan fingerprint density at radius 3 is 2.33 bits per heavy atom. The summed E-state index contributed by atoms with van der Waals surface area (Å²) in [5.74, 6) is 1.07. The molecular formula is C23H33NO3. The fourth-order valence-electron chi connectivity index (χ4n) is 3.74. The van der Waals surface area contributed by atoms with Crippen molar-refractivity contribution in [2.75, 3.05) is 6.61 Å². The molecule has 1 aliphatic carbocycles. The molecule has 4 heteroatoms. The summed E-state index contributed by atoms with van der Waals surface area (Å²) in [6.07, 6.45) is 9.78. The zero-order valence-electron chi connectivity index (χ0n) is 16.8. The highest BCUT2D eigenvalue weighted by Crippen LogP contribution is 2.42. The molecule has 2 rings (SSSR count). The van der Waals surface area contributed by atoms with E-state index in [1.54, 1.807) is 12.1 Å². The molecule has 1 aromatic carbocycles. The third-order valence-electron chi connectivity index (χ3n) is 5.54. The van der Waals surface area contributed by atoms with Gasteiger partial charge in [-0.2, -0.15) is 5.26 Å². The van der Waals surface area contributed by atoms with E-state index in [1.165, 1.54) is 19.3 Å². The van der Waals surface area contributed by atoms with Gasteiger partial charge in [-0.25, -0.2) is 0 Å². The number of hydrogen-bond acceptors (Lipinski definition) is 4. The summed E-state index contributed by atoms with van der Waals surface area (Å²) in [6, 6.07) is 9.77. The number of carbonyl (C=O) groups excluding carboxylic acids is 1. The molecule has 0 atom stereocenters. The van der Waals surface area contributed by atoms with Crippen LogP contribution < -0.4 is 9.47 Å². The van der Waals surface area contributed by atoms with Crippen LogP contribution in [0.15, 0.2) is 24.3 Å². The Balaban J connectivity index is 1.80. The van der Waals surface area contributed by atoms with E-state index < -0.39 is 0 Å². The molecule has 0 bridgehead atoms. The van der Waals surface area contributed by atoms with E-state index in [0.29, 0.717) is 12.4 Å². The minimum atomic E-state index is -0.233. The molecule has 0 aromatic heterocycles. The second-order valence-corrected chi connectivity index (χ2v) is 7.72. The second-order valence-electron chi connectivity index (χ2n) is 7.72. The molecule has 1 aliphatic rings. The lowest BCUT2D eigenvalue weighted by atomic mass is 9.69. The predicted molar refractivity (Wildman–Crippen MR) is 107 cm³/mol.